The van der Waals surface area contributed by atoms with Gasteiger partial charge in [0.15, 0.2) is 0 Å². The Balaban J connectivity index is 2.08. The molecular weight excluding hydrogens is 238 g/mol. The van der Waals surface area contributed by atoms with Crippen LogP contribution < -0.4 is 11.1 Å². The van der Waals surface area contributed by atoms with Gasteiger partial charge in [0, 0.05) is 17.0 Å². The van der Waals surface area contributed by atoms with E-state index in [0.29, 0.717) is 11.5 Å². The molecule has 0 bridgehead atoms. The highest BCUT2D eigenvalue weighted by atomic mass is 16.1. The van der Waals surface area contributed by atoms with Crippen molar-refractivity contribution in [3.8, 4) is 0 Å². The molecule has 1 saturated heterocycles. The zero-order chi connectivity index (χ0) is 13.2. The Morgan fingerprint density at radius 3 is 2.74 bits per heavy atom. The number of nitrogens with one attached hydrogen (secondary N) is 1. The van der Waals surface area contributed by atoms with Gasteiger partial charge in [0.2, 0.25) is 0 Å². The maximum absolute atomic E-state index is 11.5. The maximum atomic E-state index is 11.5. The van der Waals surface area contributed by atoms with Crippen molar-refractivity contribution in [3.63, 3.8) is 0 Å². The van der Waals surface area contributed by atoms with Gasteiger partial charge in [0.1, 0.15) is 0 Å². The number of carbonyl (C=O) groups excluding carboxylic acids is 1. The lowest BCUT2D eigenvalue weighted by atomic mass is 9.93. The van der Waals surface area contributed by atoms with Crippen molar-refractivity contribution in [3.05, 3.63) is 41.6 Å². The van der Waals surface area contributed by atoms with Crippen LogP contribution >= 0.6 is 0 Å². The van der Waals surface area contributed by atoms with E-state index in [1.54, 1.807) is 6.07 Å². The minimum Gasteiger partial charge on any atom is -0.366 e. The van der Waals surface area contributed by atoms with Gasteiger partial charge in [-0.2, -0.15) is 0 Å². The number of carbonyl (C=O) groups is 1. The van der Waals surface area contributed by atoms with E-state index < -0.39 is 5.91 Å². The number of pyridine rings is 1. The van der Waals surface area contributed by atoms with Gasteiger partial charge in [0.05, 0.1) is 11.1 Å². The third kappa shape index (κ3) is 2.31. The van der Waals surface area contributed by atoms with Crippen molar-refractivity contribution in [2.75, 3.05) is 13.1 Å². The van der Waals surface area contributed by atoms with E-state index in [2.05, 4.69) is 11.4 Å². The summed E-state index contributed by atoms with van der Waals surface area (Å²) in [5, 5.41) is 4.32. The molecule has 3 rings (SSSR count). The molecule has 0 spiro atoms. The molecule has 0 saturated carbocycles. The molecule has 0 atom stereocenters. The summed E-state index contributed by atoms with van der Waals surface area (Å²) in [6, 6.07) is 9.65. The van der Waals surface area contributed by atoms with Gasteiger partial charge in [0.25, 0.3) is 5.91 Å². The minimum atomic E-state index is -0.416. The third-order valence-corrected chi connectivity index (χ3v) is 3.76. The van der Waals surface area contributed by atoms with Crippen LogP contribution in [0.3, 0.4) is 0 Å². The Kier molecular flexibility index (Phi) is 3.17. The van der Waals surface area contributed by atoms with E-state index in [1.165, 1.54) is 0 Å². The van der Waals surface area contributed by atoms with Gasteiger partial charge in [-0.05, 0) is 38.1 Å². The smallest absolute Gasteiger partial charge is 0.250 e. The van der Waals surface area contributed by atoms with Gasteiger partial charge < -0.3 is 11.1 Å². The number of primary amides is 1. The number of fused-ring (bicyclic) bond motifs is 1. The fraction of sp³-hybridized carbons (Fsp3) is 0.333. The molecule has 2 heterocycles. The number of amides is 1. The summed E-state index contributed by atoms with van der Waals surface area (Å²) in [5.41, 5.74) is 7.73. The van der Waals surface area contributed by atoms with Crippen LogP contribution in [0.25, 0.3) is 10.9 Å². The Hall–Kier alpha value is -1.94. The molecule has 1 aliphatic heterocycles. The Labute approximate surface area is 112 Å². The van der Waals surface area contributed by atoms with Crippen LogP contribution in [0.2, 0.25) is 0 Å². The fourth-order valence-electron chi connectivity index (χ4n) is 2.71. The number of nitrogens with two attached hydrogens (primary N) is 1. The SMILES string of the molecule is NC(=O)c1cccc2ccc(C3CCNCC3)nc12. The second-order valence-electron chi connectivity index (χ2n) is 5.00. The lowest BCUT2D eigenvalue weighted by Gasteiger charge is -2.22. The van der Waals surface area contributed by atoms with Crippen LogP contribution in [0.5, 0.6) is 0 Å². The third-order valence-electron chi connectivity index (χ3n) is 3.76. The summed E-state index contributed by atoms with van der Waals surface area (Å²) in [6.45, 7) is 2.06. The zero-order valence-electron chi connectivity index (χ0n) is 10.7. The van der Waals surface area contributed by atoms with Crippen molar-refractivity contribution < 1.29 is 4.79 Å². The summed E-state index contributed by atoms with van der Waals surface area (Å²) < 4.78 is 0. The van der Waals surface area contributed by atoms with Crippen molar-refractivity contribution in [1.82, 2.24) is 10.3 Å². The minimum absolute atomic E-state index is 0.416. The molecular formula is C15H17N3O. The van der Waals surface area contributed by atoms with Crippen LogP contribution in [-0.2, 0) is 0 Å². The second kappa shape index (κ2) is 4.97. The molecule has 4 nitrogen and oxygen atoms in total. The predicted octanol–water partition coefficient (Wildman–Crippen LogP) is 1.80. The molecule has 3 N–H and O–H groups in total. The molecule has 1 aliphatic rings. The number of piperidine rings is 1. The van der Waals surface area contributed by atoms with Crippen LogP contribution in [0.4, 0.5) is 0 Å². The van der Waals surface area contributed by atoms with Gasteiger partial charge >= 0.3 is 0 Å². The van der Waals surface area contributed by atoms with Crippen LogP contribution in [0, 0.1) is 0 Å². The number of benzene rings is 1. The predicted molar refractivity (Wildman–Crippen MR) is 75.1 cm³/mol. The number of aromatic nitrogens is 1. The number of nitrogens with zero attached hydrogens (tertiary/aromatic N) is 1. The summed E-state index contributed by atoms with van der Waals surface area (Å²) in [7, 11) is 0. The Bertz CT molecular complexity index is 618. The van der Waals surface area contributed by atoms with E-state index in [9.17, 15) is 4.79 Å². The first-order chi connectivity index (χ1) is 9.25. The quantitative estimate of drug-likeness (QED) is 0.859. The monoisotopic (exact) mass is 255 g/mol. The molecule has 1 amide bonds. The first-order valence-corrected chi connectivity index (χ1v) is 6.66. The molecule has 0 unspecified atom stereocenters. The topological polar surface area (TPSA) is 68.0 Å². The van der Waals surface area contributed by atoms with E-state index >= 15 is 0 Å². The lowest BCUT2D eigenvalue weighted by molar-refractivity contribution is 0.100. The highest BCUT2D eigenvalue weighted by Crippen LogP contribution is 2.26. The molecule has 0 aliphatic carbocycles. The van der Waals surface area contributed by atoms with Crippen LogP contribution in [0.15, 0.2) is 30.3 Å². The van der Waals surface area contributed by atoms with E-state index in [1.807, 2.05) is 18.2 Å². The molecule has 1 aromatic carbocycles. The first-order valence-electron chi connectivity index (χ1n) is 6.66. The molecule has 98 valence electrons. The van der Waals surface area contributed by atoms with Gasteiger partial charge in [-0.25, -0.2) is 0 Å². The normalized spacial score (nSPS) is 16.6. The van der Waals surface area contributed by atoms with Gasteiger partial charge in [-0.15, -0.1) is 0 Å². The number of rotatable bonds is 2. The summed E-state index contributed by atoms with van der Waals surface area (Å²) >= 11 is 0. The fourth-order valence-corrected chi connectivity index (χ4v) is 2.71. The van der Waals surface area contributed by atoms with Gasteiger partial charge in [-0.3, -0.25) is 9.78 Å². The van der Waals surface area contributed by atoms with Crippen molar-refractivity contribution in [2.24, 2.45) is 5.73 Å². The van der Waals surface area contributed by atoms with Crippen LogP contribution in [-0.4, -0.2) is 24.0 Å². The van der Waals surface area contributed by atoms with Crippen LogP contribution in [0.1, 0.15) is 34.8 Å². The molecule has 0 radical (unpaired) electrons. The molecule has 4 heteroatoms. The average Bonchev–Trinajstić information content (AvgIpc) is 2.47. The van der Waals surface area contributed by atoms with E-state index in [4.69, 9.17) is 10.7 Å². The summed E-state index contributed by atoms with van der Waals surface area (Å²) in [6.07, 6.45) is 2.19. The molecule has 2 aromatic rings. The molecule has 1 aromatic heterocycles. The highest BCUT2D eigenvalue weighted by Gasteiger charge is 2.17. The summed E-state index contributed by atoms with van der Waals surface area (Å²) in [5.74, 6) is 0.0622. The lowest BCUT2D eigenvalue weighted by Crippen LogP contribution is -2.27. The Morgan fingerprint density at radius 2 is 2.00 bits per heavy atom. The first kappa shape index (κ1) is 12.1. The number of hydrogen-bond acceptors (Lipinski definition) is 3. The van der Waals surface area contributed by atoms with E-state index in [0.717, 1.165) is 42.5 Å². The highest BCUT2D eigenvalue weighted by molar-refractivity contribution is 6.04. The van der Waals surface area contributed by atoms with Crippen molar-refractivity contribution >= 4 is 16.8 Å². The number of hydrogen-bond donors (Lipinski definition) is 2. The molecule has 19 heavy (non-hydrogen) atoms. The van der Waals surface area contributed by atoms with E-state index in [-0.39, 0.29) is 0 Å². The Morgan fingerprint density at radius 1 is 1.21 bits per heavy atom. The van der Waals surface area contributed by atoms with Crippen molar-refractivity contribution in [1.29, 1.82) is 0 Å². The standard InChI is InChI=1S/C15H17N3O/c16-15(19)12-3-1-2-11-4-5-13(18-14(11)12)10-6-8-17-9-7-10/h1-5,10,17H,6-9H2,(H2,16,19). The maximum Gasteiger partial charge on any atom is 0.250 e. The number of para-hydroxylation sites is 1. The summed E-state index contributed by atoms with van der Waals surface area (Å²) in [4.78, 5) is 16.2. The average molecular weight is 255 g/mol. The second-order valence-corrected chi connectivity index (χ2v) is 5.00. The largest absolute Gasteiger partial charge is 0.366 e. The van der Waals surface area contributed by atoms with Crippen molar-refractivity contribution in [2.45, 2.75) is 18.8 Å². The molecule has 1 fully saturated rings. The zero-order valence-corrected chi connectivity index (χ0v) is 10.7. The van der Waals surface area contributed by atoms with Gasteiger partial charge in [-0.1, -0.05) is 18.2 Å².